The van der Waals surface area contributed by atoms with Crippen LogP contribution in [0.5, 0.6) is 0 Å². The van der Waals surface area contributed by atoms with Crippen molar-refractivity contribution in [1.29, 1.82) is 0 Å². The smallest absolute Gasteiger partial charge is 0.131 e. The molecule has 0 bridgehead atoms. The van der Waals surface area contributed by atoms with E-state index in [-0.39, 0.29) is 11.5 Å². The molecular weight excluding hydrogens is 174 g/mol. The van der Waals surface area contributed by atoms with E-state index in [2.05, 4.69) is 17.4 Å². The second kappa shape index (κ2) is 3.42. The monoisotopic (exact) mass is 193 g/mol. The first-order chi connectivity index (χ1) is 6.38. The molecular formula is C12H19NO. The van der Waals surface area contributed by atoms with Crippen molar-refractivity contribution in [2.24, 2.45) is 5.92 Å². The molecule has 1 N–H and O–H groups in total. The minimum Gasteiger partial charge on any atom is -0.377 e. The van der Waals surface area contributed by atoms with Gasteiger partial charge in [0.25, 0.3) is 0 Å². The molecule has 2 heteroatoms. The molecule has 0 aromatic rings. The Morgan fingerprint density at radius 3 is 2.71 bits per heavy atom. The third-order valence-electron chi connectivity index (χ3n) is 3.55. The van der Waals surface area contributed by atoms with Crippen LogP contribution in [-0.2, 0) is 0 Å². The maximum Gasteiger partial charge on any atom is 0.131 e. The molecule has 1 rings (SSSR count). The van der Waals surface area contributed by atoms with Crippen molar-refractivity contribution in [3.63, 3.8) is 0 Å². The SMILES string of the molecule is C#CC1(O)CC(C)(C=C)N(C)CC1C. The molecule has 1 saturated heterocycles. The maximum atomic E-state index is 10.2. The van der Waals surface area contributed by atoms with E-state index in [0.29, 0.717) is 6.42 Å². The van der Waals surface area contributed by atoms with E-state index in [1.807, 2.05) is 27.0 Å². The Kier molecular flexibility index (Phi) is 2.76. The van der Waals surface area contributed by atoms with Crippen LogP contribution in [0.1, 0.15) is 20.3 Å². The van der Waals surface area contributed by atoms with Gasteiger partial charge in [0.05, 0.1) is 0 Å². The van der Waals surface area contributed by atoms with E-state index in [9.17, 15) is 5.11 Å². The average Bonchev–Trinajstić information content (AvgIpc) is 2.15. The molecule has 1 fully saturated rings. The highest BCUT2D eigenvalue weighted by Gasteiger charge is 2.45. The number of piperidine rings is 1. The molecule has 1 aliphatic heterocycles. The van der Waals surface area contributed by atoms with Crippen molar-refractivity contribution < 1.29 is 5.11 Å². The van der Waals surface area contributed by atoms with Crippen LogP contribution in [-0.4, -0.2) is 34.7 Å². The third-order valence-corrected chi connectivity index (χ3v) is 3.55. The lowest BCUT2D eigenvalue weighted by Gasteiger charge is -2.49. The Hall–Kier alpha value is -0.780. The lowest BCUT2D eigenvalue weighted by atomic mass is 9.73. The highest BCUT2D eigenvalue weighted by atomic mass is 16.3. The van der Waals surface area contributed by atoms with Crippen LogP contribution in [0, 0.1) is 18.3 Å². The molecule has 2 nitrogen and oxygen atoms in total. The number of rotatable bonds is 1. The molecule has 3 atom stereocenters. The van der Waals surface area contributed by atoms with Gasteiger partial charge in [-0.3, -0.25) is 4.90 Å². The Labute approximate surface area is 86.6 Å². The Morgan fingerprint density at radius 2 is 2.29 bits per heavy atom. The molecule has 0 aliphatic carbocycles. The quantitative estimate of drug-likeness (QED) is 0.501. The summed E-state index contributed by atoms with van der Waals surface area (Å²) in [6.07, 6.45) is 7.81. The van der Waals surface area contributed by atoms with E-state index in [4.69, 9.17) is 6.42 Å². The molecule has 0 spiro atoms. The second-order valence-electron chi connectivity index (χ2n) is 4.59. The summed E-state index contributed by atoms with van der Waals surface area (Å²) in [5, 5.41) is 10.2. The van der Waals surface area contributed by atoms with Crippen LogP contribution in [0.4, 0.5) is 0 Å². The topological polar surface area (TPSA) is 23.5 Å². The molecule has 0 aromatic carbocycles. The second-order valence-corrected chi connectivity index (χ2v) is 4.59. The van der Waals surface area contributed by atoms with Gasteiger partial charge in [0.1, 0.15) is 5.60 Å². The lowest BCUT2D eigenvalue weighted by Crippen LogP contribution is -2.59. The summed E-state index contributed by atoms with van der Waals surface area (Å²) in [5.41, 5.74) is -1.19. The Bertz CT molecular complexity index is 281. The zero-order valence-corrected chi connectivity index (χ0v) is 9.25. The van der Waals surface area contributed by atoms with Crippen LogP contribution < -0.4 is 0 Å². The summed E-state index contributed by atoms with van der Waals surface area (Å²) in [4.78, 5) is 2.19. The number of hydrogen-bond donors (Lipinski definition) is 1. The fourth-order valence-electron chi connectivity index (χ4n) is 2.05. The molecule has 3 unspecified atom stereocenters. The van der Waals surface area contributed by atoms with Gasteiger partial charge in [-0.15, -0.1) is 13.0 Å². The van der Waals surface area contributed by atoms with Gasteiger partial charge >= 0.3 is 0 Å². The van der Waals surface area contributed by atoms with Crippen LogP contribution in [0.3, 0.4) is 0 Å². The molecule has 0 amide bonds. The molecule has 14 heavy (non-hydrogen) atoms. The molecule has 0 radical (unpaired) electrons. The minimum absolute atomic E-state index is 0.102. The van der Waals surface area contributed by atoms with E-state index in [1.165, 1.54) is 0 Å². The molecule has 0 aromatic heterocycles. The van der Waals surface area contributed by atoms with E-state index >= 15 is 0 Å². The fourth-order valence-corrected chi connectivity index (χ4v) is 2.05. The van der Waals surface area contributed by atoms with Crippen molar-refractivity contribution in [3.05, 3.63) is 12.7 Å². The minimum atomic E-state index is -0.991. The first-order valence-corrected chi connectivity index (χ1v) is 4.93. The number of likely N-dealkylation sites (tertiary alicyclic amines) is 1. The van der Waals surface area contributed by atoms with Gasteiger partial charge in [-0.25, -0.2) is 0 Å². The summed E-state index contributed by atoms with van der Waals surface area (Å²) >= 11 is 0. The molecule has 0 saturated carbocycles. The third kappa shape index (κ3) is 1.58. The highest BCUT2D eigenvalue weighted by Crippen LogP contribution is 2.37. The van der Waals surface area contributed by atoms with Gasteiger partial charge in [-0.1, -0.05) is 18.9 Å². The van der Waals surface area contributed by atoms with Gasteiger partial charge in [-0.05, 0) is 14.0 Å². The largest absolute Gasteiger partial charge is 0.377 e. The maximum absolute atomic E-state index is 10.2. The standard InChI is InChI=1S/C12H19NO/c1-6-11(4)9-12(14,7-2)10(3)8-13(11)5/h2,6,10,14H,1,8-9H2,3-5H3. The number of nitrogens with zero attached hydrogens (tertiary/aromatic N) is 1. The van der Waals surface area contributed by atoms with Gasteiger partial charge in [0.2, 0.25) is 0 Å². The lowest BCUT2D eigenvalue weighted by molar-refractivity contribution is -0.0580. The van der Waals surface area contributed by atoms with Crippen molar-refractivity contribution in [1.82, 2.24) is 4.90 Å². The normalized spacial score (nSPS) is 44.4. The van der Waals surface area contributed by atoms with E-state index in [0.717, 1.165) is 6.54 Å². The Balaban J connectivity index is 2.99. The van der Waals surface area contributed by atoms with Crippen molar-refractivity contribution in [2.45, 2.75) is 31.4 Å². The molecule has 1 heterocycles. The molecule has 78 valence electrons. The van der Waals surface area contributed by atoms with E-state index < -0.39 is 5.60 Å². The van der Waals surface area contributed by atoms with Crippen molar-refractivity contribution >= 4 is 0 Å². The van der Waals surface area contributed by atoms with Gasteiger partial charge in [0, 0.05) is 24.4 Å². The zero-order valence-electron chi connectivity index (χ0n) is 9.25. The average molecular weight is 193 g/mol. The van der Waals surface area contributed by atoms with Crippen LogP contribution in [0.15, 0.2) is 12.7 Å². The van der Waals surface area contributed by atoms with Crippen LogP contribution >= 0.6 is 0 Å². The summed E-state index contributed by atoms with van der Waals surface area (Å²) in [5.74, 6) is 2.62. The summed E-state index contributed by atoms with van der Waals surface area (Å²) in [6.45, 7) is 8.64. The molecule has 1 aliphatic rings. The first-order valence-electron chi connectivity index (χ1n) is 4.93. The zero-order chi connectivity index (χ0) is 11.0. The van der Waals surface area contributed by atoms with E-state index in [1.54, 1.807) is 0 Å². The predicted octanol–water partition coefficient (Wildman–Crippen LogP) is 1.27. The summed E-state index contributed by atoms with van der Waals surface area (Å²) in [6, 6.07) is 0. The number of aliphatic hydroxyl groups is 1. The summed E-state index contributed by atoms with van der Waals surface area (Å²) in [7, 11) is 2.04. The van der Waals surface area contributed by atoms with Crippen LogP contribution in [0.25, 0.3) is 0 Å². The number of terminal acetylenes is 1. The Morgan fingerprint density at radius 1 is 1.71 bits per heavy atom. The predicted molar refractivity (Wildman–Crippen MR) is 58.8 cm³/mol. The summed E-state index contributed by atoms with van der Waals surface area (Å²) < 4.78 is 0. The highest BCUT2D eigenvalue weighted by molar-refractivity contribution is 5.19. The number of likely N-dealkylation sites (N-methyl/N-ethyl adjacent to an activating group) is 1. The fraction of sp³-hybridized carbons (Fsp3) is 0.667. The van der Waals surface area contributed by atoms with Crippen LogP contribution in [0.2, 0.25) is 0 Å². The number of hydrogen-bond acceptors (Lipinski definition) is 2. The van der Waals surface area contributed by atoms with Crippen molar-refractivity contribution in [3.8, 4) is 12.3 Å². The van der Waals surface area contributed by atoms with Gasteiger partial charge in [-0.2, -0.15) is 0 Å². The van der Waals surface area contributed by atoms with Crippen molar-refractivity contribution in [2.75, 3.05) is 13.6 Å². The van der Waals surface area contributed by atoms with Gasteiger partial charge < -0.3 is 5.11 Å². The van der Waals surface area contributed by atoms with Gasteiger partial charge in [0.15, 0.2) is 0 Å². The first kappa shape index (κ1) is 11.3.